The topological polar surface area (TPSA) is 0 Å². The SMILES string of the molecule is CC1(C)c2ccc(-c3ccc(-c4ccc5c(-c6ccc7ccccc7c6)c6ccccc6c(-c6ccc7ccccc7c6)c5c4)cc3)cc2-c2cc3ccccc3cc21.CC1(C)c2ccc(-c3ccc4c(-c5ccc6ccccc6c5)c5ccccc5c(-c5ccc6ccccc6c5)c4c3)cc2-c2ccc3ccccc3c21. The van der Waals surface area contributed by atoms with Crippen LogP contribution in [0.4, 0.5) is 0 Å². The maximum atomic E-state index is 2.46. The number of hydrogen-bond acceptors (Lipinski definition) is 0. The van der Waals surface area contributed by atoms with E-state index >= 15 is 0 Å². The molecule has 0 heterocycles. The summed E-state index contributed by atoms with van der Waals surface area (Å²) in [6.07, 6.45) is 0. The lowest BCUT2D eigenvalue weighted by atomic mass is 9.80. The van der Waals surface area contributed by atoms with E-state index in [1.54, 1.807) is 0 Å². The van der Waals surface area contributed by atoms with E-state index in [9.17, 15) is 0 Å². The van der Waals surface area contributed by atoms with Crippen molar-refractivity contribution in [1.82, 2.24) is 0 Å². The second kappa shape index (κ2) is 25.4. The molecule has 0 nitrogen and oxygen atoms in total. The highest BCUT2D eigenvalue weighted by Gasteiger charge is 2.38. The first-order chi connectivity index (χ1) is 55.0. The van der Waals surface area contributed by atoms with Crippen LogP contribution in [0.3, 0.4) is 0 Å². The molecule has 0 fully saturated rings. The van der Waals surface area contributed by atoms with Crippen molar-refractivity contribution in [3.05, 3.63) is 411 Å². The Balaban J connectivity index is 0.000000138. The lowest BCUT2D eigenvalue weighted by Crippen LogP contribution is -2.15. The maximum Gasteiger partial charge on any atom is 0.0165 e. The highest BCUT2D eigenvalue weighted by molar-refractivity contribution is 6.25. The van der Waals surface area contributed by atoms with Gasteiger partial charge in [-0.1, -0.05) is 355 Å². The van der Waals surface area contributed by atoms with Crippen molar-refractivity contribution in [3.8, 4) is 100 Å². The monoisotopic (exact) mass is 1420 g/mol. The van der Waals surface area contributed by atoms with E-state index in [0.29, 0.717) is 0 Å². The fraction of sp³-hybridized carbons (Fsp3) is 0.0536. The van der Waals surface area contributed by atoms with Gasteiger partial charge in [-0.3, -0.25) is 0 Å². The molecular weight excluding hydrogens is 1350 g/mol. The molecule has 23 rings (SSSR count). The predicted molar refractivity (Wildman–Crippen MR) is 481 cm³/mol. The number of benzene rings is 21. The third kappa shape index (κ3) is 10.4. The molecule has 112 heavy (non-hydrogen) atoms. The Morgan fingerprint density at radius 2 is 0.411 bits per heavy atom. The Labute approximate surface area is 652 Å². The van der Waals surface area contributed by atoms with Gasteiger partial charge in [0.1, 0.15) is 0 Å². The fourth-order valence-corrected chi connectivity index (χ4v) is 19.6. The molecule has 524 valence electrons. The van der Waals surface area contributed by atoms with E-state index < -0.39 is 0 Å². The summed E-state index contributed by atoms with van der Waals surface area (Å²) < 4.78 is 0. The Hall–Kier alpha value is -13.8. The maximum absolute atomic E-state index is 2.46. The van der Waals surface area contributed by atoms with Crippen molar-refractivity contribution in [2.24, 2.45) is 0 Å². The van der Waals surface area contributed by atoms with Gasteiger partial charge in [-0.2, -0.15) is 0 Å². The molecule has 0 amide bonds. The molecule has 0 atom stereocenters. The van der Waals surface area contributed by atoms with E-state index in [-0.39, 0.29) is 10.8 Å². The fourth-order valence-electron chi connectivity index (χ4n) is 19.6. The molecule has 0 aromatic heterocycles. The minimum absolute atomic E-state index is 0.0433. The van der Waals surface area contributed by atoms with Gasteiger partial charge in [-0.15, -0.1) is 0 Å². The third-order valence-electron chi connectivity index (χ3n) is 25.2. The zero-order valence-electron chi connectivity index (χ0n) is 63.0. The van der Waals surface area contributed by atoms with Crippen LogP contribution >= 0.6 is 0 Å². The minimum atomic E-state index is -0.0790. The smallest absolute Gasteiger partial charge is 0.0165 e. The number of hydrogen-bond donors (Lipinski definition) is 0. The average Bonchev–Trinajstić information content (AvgIpc) is 1.22. The second-order valence-corrected chi connectivity index (χ2v) is 32.2. The molecule has 0 unspecified atom stereocenters. The highest BCUT2D eigenvalue weighted by Crippen LogP contribution is 2.55. The van der Waals surface area contributed by atoms with E-state index in [0.717, 1.165) is 0 Å². The first-order valence-electron chi connectivity index (χ1n) is 39.4. The van der Waals surface area contributed by atoms with Crippen LogP contribution in [0.5, 0.6) is 0 Å². The Kier molecular flexibility index (Phi) is 14.8. The van der Waals surface area contributed by atoms with Crippen LogP contribution in [0, 0.1) is 0 Å². The first kappa shape index (κ1) is 65.3. The molecule has 0 bridgehead atoms. The van der Waals surface area contributed by atoms with E-state index in [1.807, 2.05) is 0 Å². The van der Waals surface area contributed by atoms with Crippen LogP contribution in [0.1, 0.15) is 49.9 Å². The Morgan fingerprint density at radius 1 is 0.143 bits per heavy atom. The summed E-state index contributed by atoms with van der Waals surface area (Å²) in [5.41, 5.74) is 28.4. The van der Waals surface area contributed by atoms with Crippen molar-refractivity contribution in [1.29, 1.82) is 0 Å². The number of fused-ring (bicyclic) bond motifs is 17. The van der Waals surface area contributed by atoms with Gasteiger partial charge < -0.3 is 0 Å². The van der Waals surface area contributed by atoms with Gasteiger partial charge in [-0.25, -0.2) is 0 Å². The molecule has 0 heteroatoms. The molecule has 0 spiro atoms. The summed E-state index contributed by atoms with van der Waals surface area (Å²) in [7, 11) is 0. The lowest BCUT2D eigenvalue weighted by Gasteiger charge is -2.23. The molecule has 0 saturated carbocycles. The van der Waals surface area contributed by atoms with Crippen LogP contribution in [0.25, 0.3) is 208 Å². The largest absolute Gasteiger partial charge is 0.0616 e. The van der Waals surface area contributed by atoms with E-state index in [2.05, 4.69) is 416 Å². The standard InChI is InChI=1S/C59H40.C53H36/c1-59(2)55-30-28-46(34-52(55)53-33-43-15-7-8-16-44(43)36-56(53)59)40-21-19-39(20-22-40)45-27-29-51-54(35-45)58(48-26-24-38-12-4-6-14-42(38)32-48)50-18-10-9-17-49(50)57(51)47-25-23-37-11-3-5-13-41(37)31-47;1-53(2)49-28-25-39(31-47(49)46-27-23-35-13-7-8-16-42(35)52(46)53)38-24-26-45-48(32-38)51(41-22-20-34-12-4-6-15-37(34)30-41)44-18-10-9-17-43(44)50(45)40-21-19-33-11-3-5-14-36(33)29-40/h3-36H,1-2H3;3-32H,1-2H3. The zero-order chi connectivity index (χ0) is 74.5. The summed E-state index contributed by atoms with van der Waals surface area (Å²) in [6, 6.07) is 145. The molecule has 2 aliphatic rings. The summed E-state index contributed by atoms with van der Waals surface area (Å²) in [5, 5.41) is 25.4. The zero-order valence-corrected chi connectivity index (χ0v) is 63.0. The first-order valence-corrected chi connectivity index (χ1v) is 39.4. The summed E-state index contributed by atoms with van der Waals surface area (Å²) in [5.74, 6) is 0. The van der Waals surface area contributed by atoms with Gasteiger partial charge in [0.15, 0.2) is 0 Å². The molecule has 21 aromatic carbocycles. The van der Waals surface area contributed by atoms with Crippen molar-refractivity contribution >= 4 is 108 Å². The lowest BCUT2D eigenvalue weighted by molar-refractivity contribution is 0.661. The highest BCUT2D eigenvalue weighted by atomic mass is 14.4. The van der Waals surface area contributed by atoms with Gasteiger partial charge in [0, 0.05) is 10.8 Å². The predicted octanol–water partition coefficient (Wildman–Crippen LogP) is 31.2. The summed E-state index contributed by atoms with van der Waals surface area (Å²) in [6.45, 7) is 9.50. The van der Waals surface area contributed by atoms with Gasteiger partial charge in [-0.05, 0) is 291 Å². The summed E-state index contributed by atoms with van der Waals surface area (Å²) in [4.78, 5) is 0. The molecule has 0 aliphatic heterocycles. The van der Waals surface area contributed by atoms with Crippen molar-refractivity contribution < 1.29 is 0 Å². The number of rotatable bonds is 7. The Morgan fingerprint density at radius 3 is 0.839 bits per heavy atom. The van der Waals surface area contributed by atoms with Crippen molar-refractivity contribution in [2.45, 2.75) is 38.5 Å². The van der Waals surface area contributed by atoms with Crippen molar-refractivity contribution in [2.75, 3.05) is 0 Å². The average molecular weight is 1420 g/mol. The van der Waals surface area contributed by atoms with E-state index in [1.165, 1.54) is 230 Å². The molecule has 0 saturated heterocycles. The molecule has 0 N–H and O–H groups in total. The normalized spacial score (nSPS) is 13.1. The van der Waals surface area contributed by atoms with Gasteiger partial charge in [0.05, 0.1) is 0 Å². The molecular formula is C112H76. The van der Waals surface area contributed by atoms with Crippen LogP contribution in [0.2, 0.25) is 0 Å². The van der Waals surface area contributed by atoms with Gasteiger partial charge in [0.2, 0.25) is 0 Å². The van der Waals surface area contributed by atoms with Crippen LogP contribution < -0.4 is 0 Å². The van der Waals surface area contributed by atoms with Crippen LogP contribution in [-0.2, 0) is 10.8 Å². The molecule has 0 radical (unpaired) electrons. The van der Waals surface area contributed by atoms with Gasteiger partial charge >= 0.3 is 0 Å². The van der Waals surface area contributed by atoms with Gasteiger partial charge in [0.25, 0.3) is 0 Å². The van der Waals surface area contributed by atoms with Crippen LogP contribution in [-0.4, -0.2) is 0 Å². The molecule has 21 aromatic rings. The van der Waals surface area contributed by atoms with Crippen LogP contribution in [0.15, 0.2) is 388 Å². The van der Waals surface area contributed by atoms with E-state index in [4.69, 9.17) is 0 Å². The molecule has 2 aliphatic carbocycles. The quantitative estimate of drug-likeness (QED) is 0.140. The minimum Gasteiger partial charge on any atom is -0.0616 e. The van der Waals surface area contributed by atoms with Crippen molar-refractivity contribution in [3.63, 3.8) is 0 Å². The Bertz CT molecular complexity index is 7550. The third-order valence-corrected chi connectivity index (χ3v) is 25.2. The second-order valence-electron chi connectivity index (χ2n) is 32.2. The summed E-state index contributed by atoms with van der Waals surface area (Å²) >= 11 is 0.